The summed E-state index contributed by atoms with van der Waals surface area (Å²) in [5, 5.41) is 3.97. The molecular formula is C18H22O2Se. The SMILES string of the molecule is CCOC(=O)CCCCC[Se]c1cccc2ccccc12. The summed E-state index contributed by atoms with van der Waals surface area (Å²) in [7, 11) is 0. The number of unbranched alkanes of at least 4 members (excludes halogenated alkanes) is 2. The molecule has 3 heteroatoms. The zero-order chi connectivity index (χ0) is 14.9. The Morgan fingerprint density at radius 1 is 1.05 bits per heavy atom. The van der Waals surface area contributed by atoms with E-state index >= 15 is 0 Å². The van der Waals surface area contributed by atoms with Gasteiger partial charge in [0, 0.05) is 0 Å². The van der Waals surface area contributed by atoms with Crippen molar-refractivity contribution in [1.82, 2.24) is 0 Å². The minimum atomic E-state index is -0.0583. The van der Waals surface area contributed by atoms with Crippen LogP contribution >= 0.6 is 0 Å². The fourth-order valence-corrected chi connectivity index (χ4v) is 4.56. The average molecular weight is 349 g/mol. The summed E-state index contributed by atoms with van der Waals surface area (Å²) in [5.41, 5.74) is 0. The number of rotatable bonds is 8. The van der Waals surface area contributed by atoms with Crippen molar-refractivity contribution in [3.63, 3.8) is 0 Å². The summed E-state index contributed by atoms with van der Waals surface area (Å²) in [6, 6.07) is 15.2. The van der Waals surface area contributed by atoms with Gasteiger partial charge in [0.25, 0.3) is 0 Å². The van der Waals surface area contributed by atoms with Crippen LogP contribution in [-0.4, -0.2) is 27.5 Å². The minimum absolute atomic E-state index is 0.0583. The first-order valence-electron chi connectivity index (χ1n) is 7.57. The van der Waals surface area contributed by atoms with Crippen LogP contribution in [0.25, 0.3) is 10.8 Å². The normalized spacial score (nSPS) is 10.7. The number of fused-ring (bicyclic) bond motifs is 1. The van der Waals surface area contributed by atoms with Crippen molar-refractivity contribution in [3.8, 4) is 0 Å². The Morgan fingerprint density at radius 3 is 2.71 bits per heavy atom. The number of hydrogen-bond donors (Lipinski definition) is 0. The van der Waals surface area contributed by atoms with Gasteiger partial charge in [0.2, 0.25) is 0 Å². The van der Waals surface area contributed by atoms with Gasteiger partial charge in [-0.05, 0) is 0 Å². The van der Waals surface area contributed by atoms with Crippen LogP contribution in [-0.2, 0) is 9.53 Å². The van der Waals surface area contributed by atoms with Gasteiger partial charge in [-0.2, -0.15) is 0 Å². The van der Waals surface area contributed by atoms with Gasteiger partial charge in [-0.3, -0.25) is 0 Å². The van der Waals surface area contributed by atoms with Crippen molar-refractivity contribution >= 4 is 36.2 Å². The second-order valence-corrected chi connectivity index (χ2v) is 7.33. The van der Waals surface area contributed by atoms with Gasteiger partial charge in [0.05, 0.1) is 0 Å². The second-order valence-electron chi connectivity index (χ2n) is 4.94. The summed E-state index contributed by atoms with van der Waals surface area (Å²) >= 11 is 0.519. The van der Waals surface area contributed by atoms with E-state index in [9.17, 15) is 4.79 Å². The van der Waals surface area contributed by atoms with Crippen molar-refractivity contribution in [2.45, 2.75) is 37.9 Å². The number of hydrogen-bond acceptors (Lipinski definition) is 2. The van der Waals surface area contributed by atoms with Crippen molar-refractivity contribution < 1.29 is 9.53 Å². The van der Waals surface area contributed by atoms with Crippen LogP contribution in [0.15, 0.2) is 42.5 Å². The Morgan fingerprint density at radius 2 is 1.86 bits per heavy atom. The number of benzene rings is 2. The van der Waals surface area contributed by atoms with Crippen LogP contribution in [0.2, 0.25) is 5.32 Å². The van der Waals surface area contributed by atoms with Gasteiger partial charge in [0.15, 0.2) is 0 Å². The van der Waals surface area contributed by atoms with Gasteiger partial charge in [-0.25, -0.2) is 0 Å². The maximum atomic E-state index is 11.2. The molecular weight excluding hydrogens is 327 g/mol. The van der Waals surface area contributed by atoms with E-state index in [-0.39, 0.29) is 5.97 Å². The Bertz CT molecular complexity index is 575. The van der Waals surface area contributed by atoms with Crippen LogP contribution in [0.5, 0.6) is 0 Å². The molecule has 2 nitrogen and oxygen atoms in total. The third kappa shape index (κ3) is 5.18. The third-order valence-electron chi connectivity index (χ3n) is 3.34. The molecule has 21 heavy (non-hydrogen) atoms. The predicted octanol–water partition coefficient (Wildman–Crippen LogP) is 3.71. The molecule has 0 radical (unpaired) electrons. The van der Waals surface area contributed by atoms with Gasteiger partial charge >= 0.3 is 133 Å². The van der Waals surface area contributed by atoms with E-state index in [0.717, 1.165) is 12.8 Å². The van der Waals surface area contributed by atoms with E-state index < -0.39 is 0 Å². The first kappa shape index (κ1) is 16.1. The van der Waals surface area contributed by atoms with Crippen LogP contribution < -0.4 is 4.46 Å². The van der Waals surface area contributed by atoms with Gasteiger partial charge in [0.1, 0.15) is 0 Å². The number of ether oxygens (including phenoxy) is 1. The number of esters is 1. The van der Waals surface area contributed by atoms with Crippen molar-refractivity contribution in [2.75, 3.05) is 6.61 Å². The molecule has 0 unspecified atom stereocenters. The zero-order valence-corrected chi connectivity index (χ0v) is 14.2. The molecule has 0 heterocycles. The van der Waals surface area contributed by atoms with E-state index in [1.54, 1.807) is 0 Å². The summed E-state index contributed by atoms with van der Waals surface area (Å²) in [5.74, 6) is -0.0583. The summed E-state index contributed by atoms with van der Waals surface area (Å²) in [6.45, 7) is 2.34. The molecule has 0 bridgehead atoms. The third-order valence-corrected chi connectivity index (χ3v) is 5.77. The maximum absolute atomic E-state index is 11.2. The molecule has 0 N–H and O–H groups in total. The first-order valence-corrected chi connectivity index (χ1v) is 9.64. The summed E-state index contributed by atoms with van der Waals surface area (Å²) in [4.78, 5) is 11.2. The molecule has 0 aliphatic carbocycles. The van der Waals surface area contributed by atoms with Gasteiger partial charge in [-0.1, -0.05) is 0 Å². The molecule has 0 aromatic heterocycles. The zero-order valence-electron chi connectivity index (χ0n) is 12.5. The van der Waals surface area contributed by atoms with Crippen LogP contribution in [0, 0.1) is 0 Å². The molecule has 112 valence electrons. The van der Waals surface area contributed by atoms with E-state index in [0.29, 0.717) is 28.0 Å². The summed E-state index contributed by atoms with van der Waals surface area (Å²) < 4.78 is 6.42. The van der Waals surface area contributed by atoms with Gasteiger partial charge < -0.3 is 0 Å². The molecule has 0 aliphatic rings. The molecule has 2 aromatic rings. The molecule has 0 aliphatic heterocycles. The van der Waals surface area contributed by atoms with Crippen molar-refractivity contribution in [3.05, 3.63) is 42.5 Å². The number of carbonyl (C=O) groups is 1. The first-order chi connectivity index (χ1) is 10.3. The predicted molar refractivity (Wildman–Crippen MR) is 89.2 cm³/mol. The molecule has 0 saturated heterocycles. The molecule has 0 saturated carbocycles. The van der Waals surface area contributed by atoms with E-state index in [1.165, 1.54) is 27.0 Å². The molecule has 0 spiro atoms. The fraction of sp³-hybridized carbons (Fsp3) is 0.389. The van der Waals surface area contributed by atoms with Crippen LogP contribution in [0.3, 0.4) is 0 Å². The monoisotopic (exact) mass is 350 g/mol. The molecule has 2 rings (SSSR count). The van der Waals surface area contributed by atoms with E-state index in [2.05, 4.69) is 42.5 Å². The molecule has 0 amide bonds. The fourth-order valence-electron chi connectivity index (χ4n) is 2.29. The second kappa shape index (κ2) is 8.86. The van der Waals surface area contributed by atoms with Crippen LogP contribution in [0.1, 0.15) is 32.6 Å². The van der Waals surface area contributed by atoms with Crippen LogP contribution in [0.4, 0.5) is 0 Å². The Kier molecular flexibility index (Phi) is 6.78. The van der Waals surface area contributed by atoms with E-state index in [4.69, 9.17) is 4.74 Å². The topological polar surface area (TPSA) is 26.3 Å². The molecule has 0 fully saturated rings. The Labute approximate surface area is 133 Å². The molecule has 0 atom stereocenters. The Balaban J connectivity index is 1.72. The number of carbonyl (C=O) groups excluding carboxylic acids is 1. The Hall–Kier alpha value is -1.31. The van der Waals surface area contributed by atoms with Crippen molar-refractivity contribution in [2.24, 2.45) is 0 Å². The summed E-state index contributed by atoms with van der Waals surface area (Å²) in [6.07, 6.45) is 3.83. The van der Waals surface area contributed by atoms with Crippen molar-refractivity contribution in [1.29, 1.82) is 0 Å². The van der Waals surface area contributed by atoms with E-state index in [1.807, 2.05) is 6.92 Å². The quantitative estimate of drug-likeness (QED) is 0.413. The molecule has 2 aromatic carbocycles. The average Bonchev–Trinajstić information content (AvgIpc) is 2.51. The van der Waals surface area contributed by atoms with Gasteiger partial charge in [-0.15, -0.1) is 0 Å². The standard InChI is InChI=1S/C18H22O2Se/c1-2-20-18(19)13-4-3-7-14-21-17-12-8-10-15-9-5-6-11-16(15)17/h5-6,8-12H,2-4,7,13-14H2,1H3.